The van der Waals surface area contributed by atoms with Crippen molar-refractivity contribution in [1.82, 2.24) is 10.3 Å². The summed E-state index contributed by atoms with van der Waals surface area (Å²) in [6, 6.07) is 6.21. The van der Waals surface area contributed by atoms with Gasteiger partial charge in [0.2, 0.25) is 0 Å². The van der Waals surface area contributed by atoms with Crippen LogP contribution < -0.4 is 10.1 Å². The van der Waals surface area contributed by atoms with E-state index in [9.17, 15) is 0 Å². The van der Waals surface area contributed by atoms with Crippen LogP contribution in [0.1, 0.15) is 25.1 Å². The number of benzene rings is 1. The molecule has 0 atom stereocenters. The van der Waals surface area contributed by atoms with E-state index in [1.54, 1.807) is 0 Å². The van der Waals surface area contributed by atoms with Crippen molar-refractivity contribution in [2.24, 2.45) is 5.92 Å². The quantitative estimate of drug-likeness (QED) is 0.909. The van der Waals surface area contributed by atoms with Gasteiger partial charge in [-0.25, -0.2) is 4.98 Å². The third-order valence-corrected chi connectivity index (χ3v) is 3.44. The van der Waals surface area contributed by atoms with Crippen molar-refractivity contribution in [2.75, 3.05) is 13.2 Å². The first-order chi connectivity index (χ1) is 9.74. The average molecular weight is 272 g/mol. The molecule has 20 heavy (non-hydrogen) atoms. The number of oxazole rings is 1. The predicted molar refractivity (Wildman–Crippen MR) is 77.7 cm³/mol. The molecule has 1 aliphatic heterocycles. The van der Waals surface area contributed by atoms with Crippen LogP contribution in [0.4, 0.5) is 0 Å². The highest BCUT2D eigenvalue weighted by Gasteiger charge is 2.16. The Hall–Kier alpha value is -1.81. The van der Waals surface area contributed by atoms with E-state index in [-0.39, 0.29) is 0 Å². The number of fused-ring (bicyclic) bond motifs is 1. The van der Waals surface area contributed by atoms with Gasteiger partial charge in [0.15, 0.2) is 12.2 Å². The van der Waals surface area contributed by atoms with Crippen LogP contribution >= 0.6 is 0 Å². The van der Waals surface area contributed by atoms with Gasteiger partial charge in [-0.3, -0.25) is 0 Å². The number of aromatic nitrogens is 1. The summed E-state index contributed by atoms with van der Waals surface area (Å²) in [7, 11) is 0. The highest BCUT2D eigenvalue weighted by atomic mass is 16.5. The van der Waals surface area contributed by atoms with Gasteiger partial charge >= 0.3 is 0 Å². The van der Waals surface area contributed by atoms with Crippen LogP contribution in [0.2, 0.25) is 0 Å². The Bertz CT molecular complexity index is 590. The molecule has 4 heteroatoms. The van der Waals surface area contributed by atoms with E-state index in [1.165, 1.54) is 12.0 Å². The standard InChI is InChI=1S/C16H20N2O2/c1-11(2)8-17-9-14-16(20-10-18-14)13-3-4-15-12(7-13)5-6-19-15/h3-4,7,10-11,17H,5-6,8-9H2,1-2H3. The summed E-state index contributed by atoms with van der Waals surface area (Å²) in [4.78, 5) is 4.32. The van der Waals surface area contributed by atoms with Gasteiger partial charge in [-0.15, -0.1) is 0 Å². The lowest BCUT2D eigenvalue weighted by atomic mass is 10.1. The Kier molecular flexibility index (Phi) is 3.74. The molecule has 0 fully saturated rings. The molecule has 0 saturated carbocycles. The van der Waals surface area contributed by atoms with Crippen LogP contribution in [-0.2, 0) is 13.0 Å². The fourth-order valence-electron chi connectivity index (χ4n) is 2.44. The Morgan fingerprint density at radius 2 is 2.25 bits per heavy atom. The predicted octanol–water partition coefficient (Wildman–Crippen LogP) is 3.02. The Morgan fingerprint density at radius 3 is 3.10 bits per heavy atom. The molecule has 0 spiro atoms. The molecule has 106 valence electrons. The lowest BCUT2D eigenvalue weighted by Gasteiger charge is -2.07. The van der Waals surface area contributed by atoms with Gasteiger partial charge in [-0.2, -0.15) is 0 Å². The summed E-state index contributed by atoms with van der Waals surface area (Å²) >= 11 is 0. The van der Waals surface area contributed by atoms with E-state index in [0.29, 0.717) is 5.92 Å². The lowest BCUT2D eigenvalue weighted by Crippen LogP contribution is -2.19. The summed E-state index contributed by atoms with van der Waals surface area (Å²) in [5.41, 5.74) is 3.29. The van der Waals surface area contributed by atoms with E-state index < -0.39 is 0 Å². The maximum atomic E-state index is 5.58. The molecular formula is C16H20N2O2. The van der Waals surface area contributed by atoms with Crippen molar-refractivity contribution in [2.45, 2.75) is 26.8 Å². The molecule has 1 N–H and O–H groups in total. The SMILES string of the molecule is CC(C)CNCc1ncoc1-c1ccc2c(c1)CCO2. The fourth-order valence-corrected chi connectivity index (χ4v) is 2.44. The van der Waals surface area contributed by atoms with Gasteiger partial charge in [0.1, 0.15) is 11.4 Å². The van der Waals surface area contributed by atoms with Gasteiger partial charge in [-0.05, 0) is 36.2 Å². The molecule has 2 heterocycles. The van der Waals surface area contributed by atoms with E-state index in [4.69, 9.17) is 9.15 Å². The Morgan fingerprint density at radius 1 is 1.35 bits per heavy atom. The van der Waals surface area contributed by atoms with Gasteiger partial charge in [0, 0.05) is 18.5 Å². The van der Waals surface area contributed by atoms with Crippen LogP contribution in [0.25, 0.3) is 11.3 Å². The third kappa shape index (κ3) is 2.70. The first-order valence-corrected chi connectivity index (χ1v) is 7.13. The number of hydrogen-bond acceptors (Lipinski definition) is 4. The molecule has 0 unspecified atom stereocenters. The highest BCUT2D eigenvalue weighted by molar-refractivity contribution is 5.63. The summed E-state index contributed by atoms with van der Waals surface area (Å²) < 4.78 is 11.1. The Labute approximate surface area is 119 Å². The van der Waals surface area contributed by atoms with Gasteiger partial charge in [0.05, 0.1) is 6.61 Å². The van der Waals surface area contributed by atoms with Crippen molar-refractivity contribution in [3.05, 3.63) is 35.9 Å². The zero-order valence-corrected chi connectivity index (χ0v) is 12.0. The number of nitrogens with one attached hydrogen (secondary N) is 1. The molecule has 0 aliphatic carbocycles. The monoisotopic (exact) mass is 272 g/mol. The van der Waals surface area contributed by atoms with E-state index in [1.807, 2.05) is 12.1 Å². The van der Waals surface area contributed by atoms with Crippen LogP contribution in [0, 0.1) is 5.92 Å². The van der Waals surface area contributed by atoms with Crippen molar-refractivity contribution in [3.8, 4) is 17.1 Å². The smallest absolute Gasteiger partial charge is 0.181 e. The van der Waals surface area contributed by atoms with Crippen LogP contribution in [-0.4, -0.2) is 18.1 Å². The molecule has 0 amide bonds. The van der Waals surface area contributed by atoms with Crippen LogP contribution in [0.15, 0.2) is 29.0 Å². The van der Waals surface area contributed by atoms with E-state index >= 15 is 0 Å². The molecule has 0 bridgehead atoms. The zero-order valence-electron chi connectivity index (χ0n) is 12.0. The normalized spacial score (nSPS) is 13.6. The molecule has 1 aromatic heterocycles. The maximum absolute atomic E-state index is 5.58. The van der Waals surface area contributed by atoms with Gasteiger partial charge in [-0.1, -0.05) is 13.8 Å². The molecule has 1 aliphatic rings. The highest BCUT2D eigenvalue weighted by Crippen LogP contribution is 2.31. The average Bonchev–Trinajstić information content (AvgIpc) is 3.05. The first kappa shape index (κ1) is 13.2. The molecule has 2 aromatic rings. The van der Waals surface area contributed by atoms with Crippen LogP contribution in [0.3, 0.4) is 0 Å². The second kappa shape index (κ2) is 5.67. The Balaban J connectivity index is 1.78. The summed E-state index contributed by atoms with van der Waals surface area (Å²) in [5.74, 6) is 2.48. The van der Waals surface area contributed by atoms with Crippen molar-refractivity contribution in [3.63, 3.8) is 0 Å². The minimum atomic E-state index is 0.627. The number of nitrogens with zero attached hydrogens (tertiary/aromatic N) is 1. The number of ether oxygens (including phenoxy) is 1. The van der Waals surface area contributed by atoms with E-state index in [0.717, 1.165) is 48.9 Å². The second-order valence-corrected chi connectivity index (χ2v) is 5.57. The maximum Gasteiger partial charge on any atom is 0.181 e. The summed E-state index contributed by atoms with van der Waals surface area (Å²) in [6.07, 6.45) is 2.49. The molecular weight excluding hydrogens is 252 g/mol. The molecule has 4 nitrogen and oxygen atoms in total. The number of hydrogen-bond donors (Lipinski definition) is 1. The third-order valence-electron chi connectivity index (χ3n) is 3.44. The van der Waals surface area contributed by atoms with E-state index in [2.05, 4.69) is 30.2 Å². The topological polar surface area (TPSA) is 47.3 Å². The zero-order chi connectivity index (χ0) is 13.9. The molecule has 1 aromatic carbocycles. The molecule has 3 rings (SSSR count). The minimum absolute atomic E-state index is 0.627. The van der Waals surface area contributed by atoms with Crippen LogP contribution in [0.5, 0.6) is 5.75 Å². The first-order valence-electron chi connectivity index (χ1n) is 7.13. The van der Waals surface area contributed by atoms with Gasteiger partial charge in [0.25, 0.3) is 0 Å². The largest absolute Gasteiger partial charge is 0.493 e. The fraction of sp³-hybridized carbons (Fsp3) is 0.438. The molecule has 0 saturated heterocycles. The van der Waals surface area contributed by atoms with Crippen molar-refractivity contribution < 1.29 is 9.15 Å². The summed E-state index contributed by atoms with van der Waals surface area (Å²) in [5, 5.41) is 3.40. The van der Waals surface area contributed by atoms with Crippen molar-refractivity contribution in [1.29, 1.82) is 0 Å². The lowest BCUT2D eigenvalue weighted by molar-refractivity contribution is 0.357. The van der Waals surface area contributed by atoms with Crippen molar-refractivity contribution >= 4 is 0 Å². The van der Waals surface area contributed by atoms with Gasteiger partial charge < -0.3 is 14.5 Å². The minimum Gasteiger partial charge on any atom is -0.493 e. The summed E-state index contributed by atoms with van der Waals surface area (Å²) in [6.45, 7) is 6.87. The molecule has 0 radical (unpaired) electrons. The number of rotatable bonds is 5. The second-order valence-electron chi connectivity index (χ2n) is 5.57.